The Morgan fingerprint density at radius 2 is 1.85 bits per heavy atom. The largest absolute Gasteiger partial charge is 0.438 e. The van der Waals surface area contributed by atoms with E-state index in [4.69, 9.17) is 14.9 Å². The van der Waals surface area contributed by atoms with Crippen LogP contribution in [-0.2, 0) is 11.3 Å². The minimum absolute atomic E-state index is 0.181. The van der Waals surface area contributed by atoms with Gasteiger partial charge in [0, 0.05) is 50.1 Å². The summed E-state index contributed by atoms with van der Waals surface area (Å²) >= 11 is 0. The van der Waals surface area contributed by atoms with E-state index in [-0.39, 0.29) is 5.92 Å². The van der Waals surface area contributed by atoms with Crippen LogP contribution in [0, 0.1) is 5.41 Å². The van der Waals surface area contributed by atoms with Crippen molar-refractivity contribution in [3.63, 3.8) is 0 Å². The molecule has 2 aromatic carbocycles. The fourth-order valence-corrected chi connectivity index (χ4v) is 4.88. The summed E-state index contributed by atoms with van der Waals surface area (Å²) in [5.41, 5.74) is 3.31. The van der Waals surface area contributed by atoms with Gasteiger partial charge in [-0.15, -0.1) is 0 Å². The van der Waals surface area contributed by atoms with Crippen LogP contribution < -0.4 is 10.2 Å². The third-order valence-electron chi connectivity index (χ3n) is 6.58. The maximum Gasteiger partial charge on any atom is 0.228 e. The molecule has 33 heavy (non-hydrogen) atoms. The number of nitrogens with one attached hydrogen (secondary N) is 1. The maximum absolute atomic E-state index is 9.15. The van der Waals surface area contributed by atoms with E-state index in [1.165, 1.54) is 0 Å². The van der Waals surface area contributed by atoms with Gasteiger partial charge in [0.25, 0.3) is 0 Å². The fourth-order valence-electron chi connectivity index (χ4n) is 4.88. The Morgan fingerprint density at radius 1 is 0.970 bits per heavy atom. The minimum Gasteiger partial charge on any atom is -0.438 e. The van der Waals surface area contributed by atoms with Crippen molar-refractivity contribution in [3.8, 4) is 11.6 Å². The highest BCUT2D eigenvalue weighted by molar-refractivity contribution is 5.90. The molecular formula is C26H25N5O2. The average Bonchev–Trinajstić information content (AvgIpc) is 2.88. The quantitative estimate of drug-likeness (QED) is 0.464. The average molecular weight is 440 g/mol. The molecule has 1 saturated heterocycles. The molecule has 166 valence electrons. The second-order valence-electron chi connectivity index (χ2n) is 8.48. The summed E-state index contributed by atoms with van der Waals surface area (Å²) in [6.45, 7) is 4.93. The first-order chi connectivity index (χ1) is 16.3. The van der Waals surface area contributed by atoms with E-state index in [0.717, 1.165) is 66.1 Å². The van der Waals surface area contributed by atoms with Gasteiger partial charge >= 0.3 is 0 Å². The summed E-state index contributed by atoms with van der Waals surface area (Å²) in [7, 11) is 0. The Kier molecular flexibility index (Phi) is 5.13. The molecule has 1 unspecified atom stereocenters. The first-order valence-corrected chi connectivity index (χ1v) is 11.3. The van der Waals surface area contributed by atoms with Gasteiger partial charge in [0.15, 0.2) is 0 Å². The minimum atomic E-state index is -0.181. The molecule has 4 aromatic rings. The smallest absolute Gasteiger partial charge is 0.228 e. The molecule has 1 fully saturated rings. The van der Waals surface area contributed by atoms with Gasteiger partial charge in [-0.1, -0.05) is 36.4 Å². The van der Waals surface area contributed by atoms with Crippen molar-refractivity contribution in [1.82, 2.24) is 19.4 Å². The summed E-state index contributed by atoms with van der Waals surface area (Å²) in [4.78, 5) is 11.4. The molecule has 6 rings (SSSR count). The maximum atomic E-state index is 9.15. The molecule has 0 amide bonds. The van der Waals surface area contributed by atoms with E-state index >= 15 is 0 Å². The van der Waals surface area contributed by atoms with E-state index in [1.54, 1.807) is 12.5 Å². The van der Waals surface area contributed by atoms with Crippen LogP contribution in [0.3, 0.4) is 0 Å². The number of morpholine rings is 1. The predicted molar refractivity (Wildman–Crippen MR) is 125 cm³/mol. The van der Waals surface area contributed by atoms with Gasteiger partial charge in [0.1, 0.15) is 17.6 Å². The molecule has 4 heterocycles. The molecule has 7 nitrogen and oxygen atoms in total. The zero-order chi connectivity index (χ0) is 22.2. The number of hydrogen-bond donors (Lipinski definition) is 1. The molecule has 0 aliphatic carbocycles. The van der Waals surface area contributed by atoms with Crippen LogP contribution in [-0.4, -0.2) is 52.3 Å². The van der Waals surface area contributed by atoms with Gasteiger partial charge < -0.3 is 14.0 Å². The highest BCUT2D eigenvalue weighted by Crippen LogP contribution is 2.47. The van der Waals surface area contributed by atoms with Crippen LogP contribution in [0.4, 0.5) is 0 Å². The van der Waals surface area contributed by atoms with E-state index in [0.29, 0.717) is 17.9 Å². The SMILES string of the molecule is N=c1c2c(ncn1CCN1CCOCC1)Oc1ccc3ccccc3c1C2c1cccnc1. The molecule has 2 aromatic heterocycles. The number of ether oxygens (including phenoxy) is 2. The van der Waals surface area contributed by atoms with Gasteiger partial charge in [0.2, 0.25) is 5.88 Å². The van der Waals surface area contributed by atoms with E-state index in [2.05, 4.69) is 39.1 Å². The summed E-state index contributed by atoms with van der Waals surface area (Å²) < 4.78 is 13.7. The van der Waals surface area contributed by atoms with Crippen LogP contribution in [0.2, 0.25) is 0 Å². The lowest BCUT2D eigenvalue weighted by atomic mass is 9.82. The third kappa shape index (κ3) is 3.59. The number of hydrogen-bond acceptors (Lipinski definition) is 6. The van der Waals surface area contributed by atoms with Crippen molar-refractivity contribution in [2.75, 3.05) is 32.8 Å². The lowest BCUT2D eigenvalue weighted by Crippen LogP contribution is -2.40. The zero-order valence-electron chi connectivity index (χ0n) is 18.3. The molecule has 1 atom stereocenters. The number of nitrogens with zero attached hydrogens (tertiary/aromatic N) is 4. The van der Waals surface area contributed by atoms with Gasteiger partial charge in [-0.05, 0) is 28.5 Å². The summed E-state index contributed by atoms with van der Waals surface area (Å²) in [6, 6.07) is 16.4. The first-order valence-electron chi connectivity index (χ1n) is 11.3. The number of aromatic nitrogens is 3. The van der Waals surface area contributed by atoms with Crippen molar-refractivity contribution in [1.29, 1.82) is 5.41 Å². The van der Waals surface area contributed by atoms with Crippen molar-refractivity contribution >= 4 is 10.8 Å². The molecule has 2 aliphatic heterocycles. The van der Waals surface area contributed by atoms with Gasteiger partial charge in [-0.3, -0.25) is 15.3 Å². The van der Waals surface area contributed by atoms with Gasteiger partial charge in [-0.25, -0.2) is 4.98 Å². The summed E-state index contributed by atoms with van der Waals surface area (Å²) in [5.74, 6) is 1.10. The predicted octanol–water partition coefficient (Wildman–Crippen LogP) is 3.53. The molecule has 0 radical (unpaired) electrons. The number of rotatable bonds is 4. The number of fused-ring (bicyclic) bond motifs is 4. The van der Waals surface area contributed by atoms with Gasteiger partial charge in [-0.2, -0.15) is 0 Å². The molecule has 2 aliphatic rings. The zero-order valence-corrected chi connectivity index (χ0v) is 18.3. The van der Waals surface area contributed by atoms with E-state index in [9.17, 15) is 0 Å². The molecule has 0 saturated carbocycles. The van der Waals surface area contributed by atoms with Gasteiger partial charge in [0.05, 0.1) is 18.8 Å². The number of pyridine rings is 1. The molecule has 0 spiro atoms. The Morgan fingerprint density at radius 3 is 2.70 bits per heavy atom. The Bertz CT molecular complexity index is 1360. The third-order valence-corrected chi connectivity index (χ3v) is 6.58. The molecule has 1 N–H and O–H groups in total. The van der Waals surface area contributed by atoms with Crippen molar-refractivity contribution in [2.45, 2.75) is 12.5 Å². The second-order valence-corrected chi connectivity index (χ2v) is 8.48. The van der Waals surface area contributed by atoms with E-state index in [1.807, 2.05) is 35.0 Å². The lowest BCUT2D eigenvalue weighted by Gasteiger charge is -2.30. The Balaban J connectivity index is 1.49. The normalized spacial score (nSPS) is 17.9. The first kappa shape index (κ1) is 20.1. The monoisotopic (exact) mass is 439 g/mol. The molecule has 7 heteroatoms. The van der Waals surface area contributed by atoms with Crippen molar-refractivity contribution in [3.05, 3.63) is 89.4 Å². The van der Waals surface area contributed by atoms with Crippen molar-refractivity contribution in [2.24, 2.45) is 0 Å². The Hall–Kier alpha value is -3.55. The molecule has 0 bridgehead atoms. The highest BCUT2D eigenvalue weighted by atomic mass is 16.5. The second kappa shape index (κ2) is 8.42. The highest BCUT2D eigenvalue weighted by Gasteiger charge is 2.33. The topological polar surface area (TPSA) is 76.3 Å². The Labute approximate surface area is 191 Å². The van der Waals surface area contributed by atoms with E-state index < -0.39 is 0 Å². The lowest BCUT2D eigenvalue weighted by molar-refractivity contribution is 0.0362. The fraction of sp³-hybridized carbons (Fsp3) is 0.269. The van der Waals surface area contributed by atoms with Crippen LogP contribution in [0.25, 0.3) is 10.8 Å². The summed E-state index contributed by atoms with van der Waals surface area (Å²) in [5, 5.41) is 11.4. The summed E-state index contributed by atoms with van der Waals surface area (Å²) in [6.07, 6.45) is 5.39. The van der Waals surface area contributed by atoms with Crippen LogP contribution in [0.5, 0.6) is 11.6 Å². The van der Waals surface area contributed by atoms with Crippen LogP contribution in [0.15, 0.2) is 67.3 Å². The standard InChI is InChI=1S/C26H25N5O2/c27-25-24-22(19-5-3-9-28-16-19)23-20-6-2-1-4-18(20)7-8-21(23)33-26(24)29-17-31(25)11-10-30-12-14-32-15-13-30/h1-9,16-17,22,27H,10-15H2. The van der Waals surface area contributed by atoms with Crippen molar-refractivity contribution < 1.29 is 9.47 Å². The molecular weight excluding hydrogens is 414 g/mol. The van der Waals surface area contributed by atoms with Crippen LogP contribution in [0.1, 0.15) is 22.6 Å². The van der Waals surface area contributed by atoms with Crippen LogP contribution >= 0.6 is 0 Å². The number of benzene rings is 2.